The zero-order chi connectivity index (χ0) is 17.0. The van der Waals surface area contributed by atoms with Crippen LogP contribution in [0, 0.1) is 12.3 Å². The molecule has 1 N–H and O–H groups in total. The van der Waals surface area contributed by atoms with Gasteiger partial charge in [-0.15, -0.1) is 0 Å². The highest BCUT2D eigenvalue weighted by molar-refractivity contribution is 6.02. The molecule has 0 saturated carbocycles. The maximum Gasteiger partial charge on any atom is 0.324 e. The quantitative estimate of drug-likeness (QED) is 0.800. The lowest BCUT2D eigenvalue weighted by Crippen LogP contribution is -2.65. The van der Waals surface area contributed by atoms with Crippen LogP contribution in [0.1, 0.15) is 63.6 Å². The molecule has 1 aliphatic rings. The summed E-state index contributed by atoms with van der Waals surface area (Å²) in [5.41, 5.74) is 1.97. The molecular formula is C19H28N2O2. The Kier molecular flexibility index (Phi) is 5.45. The first-order chi connectivity index (χ1) is 11.0. The molecule has 3 amide bonds. The standard InChI is InChI=1S/C19H28N2O2/c1-5-8-16(15-11-9-14(4)10-12-15)20-18(23)21-13-19(6-2,7-3)17(21)22/h9-12,16H,5-8,13H2,1-4H3,(H,20,23)/t16-/m1/s1. The Morgan fingerprint density at radius 1 is 1.22 bits per heavy atom. The van der Waals surface area contributed by atoms with Gasteiger partial charge in [-0.2, -0.15) is 0 Å². The van der Waals surface area contributed by atoms with Crippen LogP contribution in [-0.4, -0.2) is 23.4 Å². The van der Waals surface area contributed by atoms with E-state index in [0.29, 0.717) is 6.54 Å². The number of β-lactam (4-membered cyclic amide) rings is 1. The van der Waals surface area contributed by atoms with Gasteiger partial charge in [0.1, 0.15) is 0 Å². The van der Waals surface area contributed by atoms with Gasteiger partial charge in [0.15, 0.2) is 0 Å². The van der Waals surface area contributed by atoms with Crippen molar-refractivity contribution in [2.45, 2.75) is 59.4 Å². The monoisotopic (exact) mass is 316 g/mol. The number of amides is 3. The molecule has 0 aliphatic carbocycles. The Morgan fingerprint density at radius 3 is 2.30 bits per heavy atom. The van der Waals surface area contributed by atoms with Crippen LogP contribution in [0.4, 0.5) is 4.79 Å². The Balaban J connectivity index is 2.05. The highest BCUT2D eigenvalue weighted by Gasteiger charge is 2.52. The fourth-order valence-electron chi connectivity index (χ4n) is 3.21. The fraction of sp³-hybridized carbons (Fsp3) is 0.579. The Hall–Kier alpha value is -1.84. The van der Waals surface area contributed by atoms with Crippen molar-refractivity contribution >= 4 is 11.9 Å². The Labute approximate surface area is 139 Å². The van der Waals surface area contributed by atoms with Gasteiger partial charge in [0.2, 0.25) is 5.91 Å². The van der Waals surface area contributed by atoms with E-state index < -0.39 is 0 Å². The minimum Gasteiger partial charge on any atom is -0.331 e. The lowest BCUT2D eigenvalue weighted by molar-refractivity contribution is -0.155. The molecule has 0 radical (unpaired) electrons. The number of rotatable bonds is 6. The zero-order valence-electron chi connectivity index (χ0n) is 14.7. The molecule has 4 heteroatoms. The van der Waals surface area contributed by atoms with Gasteiger partial charge >= 0.3 is 6.03 Å². The van der Waals surface area contributed by atoms with E-state index in [4.69, 9.17) is 0 Å². The molecular weight excluding hydrogens is 288 g/mol. The number of carbonyl (C=O) groups is 2. The summed E-state index contributed by atoms with van der Waals surface area (Å²) in [5.74, 6) is -0.0286. The van der Waals surface area contributed by atoms with Gasteiger partial charge in [-0.05, 0) is 31.7 Å². The fourth-order valence-corrected chi connectivity index (χ4v) is 3.21. The predicted octanol–water partition coefficient (Wildman–Crippen LogP) is 4.19. The maximum atomic E-state index is 12.5. The molecule has 2 rings (SSSR count). The zero-order valence-corrected chi connectivity index (χ0v) is 14.7. The molecule has 23 heavy (non-hydrogen) atoms. The van der Waals surface area contributed by atoms with E-state index in [9.17, 15) is 9.59 Å². The predicted molar refractivity (Wildman–Crippen MR) is 92.1 cm³/mol. The number of imide groups is 1. The first kappa shape index (κ1) is 17.5. The Bertz CT molecular complexity index is 561. The highest BCUT2D eigenvalue weighted by Crippen LogP contribution is 2.38. The van der Waals surface area contributed by atoms with Crippen molar-refractivity contribution in [3.8, 4) is 0 Å². The number of nitrogens with zero attached hydrogens (tertiary/aromatic N) is 1. The van der Waals surface area contributed by atoms with Crippen LogP contribution in [0.15, 0.2) is 24.3 Å². The summed E-state index contributed by atoms with van der Waals surface area (Å²) in [6.45, 7) is 8.72. The topological polar surface area (TPSA) is 49.4 Å². The average Bonchev–Trinajstić information content (AvgIpc) is 2.55. The smallest absolute Gasteiger partial charge is 0.324 e. The summed E-state index contributed by atoms with van der Waals surface area (Å²) >= 11 is 0. The van der Waals surface area contributed by atoms with Gasteiger partial charge in [-0.3, -0.25) is 9.69 Å². The number of hydrogen-bond acceptors (Lipinski definition) is 2. The number of hydrogen-bond donors (Lipinski definition) is 1. The first-order valence-corrected chi connectivity index (χ1v) is 8.66. The van der Waals surface area contributed by atoms with Crippen LogP contribution in [-0.2, 0) is 4.79 Å². The van der Waals surface area contributed by atoms with E-state index in [-0.39, 0.29) is 23.4 Å². The molecule has 1 saturated heterocycles. The first-order valence-electron chi connectivity index (χ1n) is 8.66. The van der Waals surface area contributed by atoms with E-state index in [2.05, 4.69) is 36.5 Å². The minimum absolute atomic E-state index is 0.0286. The molecule has 0 aromatic heterocycles. The van der Waals surface area contributed by atoms with Crippen LogP contribution in [0.25, 0.3) is 0 Å². The third kappa shape index (κ3) is 3.41. The van der Waals surface area contributed by atoms with Gasteiger partial charge in [0, 0.05) is 6.54 Å². The largest absolute Gasteiger partial charge is 0.331 e. The van der Waals surface area contributed by atoms with E-state index >= 15 is 0 Å². The van der Waals surface area contributed by atoms with Crippen LogP contribution in [0.3, 0.4) is 0 Å². The van der Waals surface area contributed by atoms with Crippen molar-refractivity contribution in [2.24, 2.45) is 5.41 Å². The summed E-state index contributed by atoms with van der Waals surface area (Å²) in [6.07, 6.45) is 3.43. The highest BCUT2D eigenvalue weighted by atomic mass is 16.2. The number of nitrogens with one attached hydrogen (secondary N) is 1. The number of urea groups is 1. The van der Waals surface area contributed by atoms with Crippen LogP contribution < -0.4 is 5.32 Å². The third-order valence-electron chi connectivity index (χ3n) is 5.11. The lowest BCUT2D eigenvalue weighted by atomic mass is 9.74. The summed E-state index contributed by atoms with van der Waals surface area (Å²) in [6, 6.07) is 7.91. The molecule has 1 fully saturated rings. The summed E-state index contributed by atoms with van der Waals surface area (Å²) in [4.78, 5) is 26.2. The summed E-state index contributed by atoms with van der Waals surface area (Å²) in [5, 5.41) is 3.04. The van der Waals surface area contributed by atoms with Crippen molar-refractivity contribution < 1.29 is 9.59 Å². The van der Waals surface area contributed by atoms with E-state index in [1.807, 2.05) is 20.8 Å². The van der Waals surface area contributed by atoms with E-state index in [1.54, 1.807) is 0 Å². The van der Waals surface area contributed by atoms with Crippen molar-refractivity contribution in [3.63, 3.8) is 0 Å². The molecule has 1 heterocycles. The Morgan fingerprint density at radius 2 is 1.83 bits per heavy atom. The summed E-state index contributed by atoms with van der Waals surface area (Å²) < 4.78 is 0. The van der Waals surface area contributed by atoms with Gasteiger partial charge in [-0.1, -0.05) is 57.0 Å². The van der Waals surface area contributed by atoms with Crippen molar-refractivity contribution in [1.82, 2.24) is 10.2 Å². The van der Waals surface area contributed by atoms with Gasteiger partial charge < -0.3 is 5.32 Å². The molecule has 0 unspecified atom stereocenters. The summed E-state index contributed by atoms with van der Waals surface area (Å²) in [7, 11) is 0. The molecule has 1 aromatic rings. The second-order valence-corrected chi connectivity index (χ2v) is 6.58. The molecule has 1 atom stereocenters. The van der Waals surface area contributed by atoms with Crippen LogP contribution >= 0.6 is 0 Å². The van der Waals surface area contributed by atoms with Gasteiger partial charge in [0.05, 0.1) is 11.5 Å². The number of likely N-dealkylation sites (tertiary alicyclic amines) is 1. The third-order valence-corrected chi connectivity index (χ3v) is 5.11. The van der Waals surface area contributed by atoms with Crippen molar-refractivity contribution in [3.05, 3.63) is 35.4 Å². The van der Waals surface area contributed by atoms with Crippen molar-refractivity contribution in [2.75, 3.05) is 6.54 Å². The molecule has 1 aromatic carbocycles. The molecule has 0 spiro atoms. The van der Waals surface area contributed by atoms with Crippen LogP contribution in [0.5, 0.6) is 0 Å². The second kappa shape index (κ2) is 7.16. The normalized spacial score (nSPS) is 17.6. The molecule has 0 bridgehead atoms. The minimum atomic E-state index is -0.318. The van der Waals surface area contributed by atoms with Crippen molar-refractivity contribution in [1.29, 1.82) is 0 Å². The lowest BCUT2D eigenvalue weighted by Gasteiger charge is -2.47. The van der Waals surface area contributed by atoms with Gasteiger partial charge in [-0.25, -0.2) is 4.79 Å². The molecule has 126 valence electrons. The van der Waals surface area contributed by atoms with E-state index in [1.165, 1.54) is 10.5 Å². The van der Waals surface area contributed by atoms with Crippen LogP contribution in [0.2, 0.25) is 0 Å². The van der Waals surface area contributed by atoms with E-state index in [0.717, 1.165) is 31.2 Å². The second-order valence-electron chi connectivity index (χ2n) is 6.58. The number of carbonyl (C=O) groups excluding carboxylic acids is 2. The molecule has 1 aliphatic heterocycles. The number of benzene rings is 1. The number of aryl methyl sites for hydroxylation is 1. The molecule has 4 nitrogen and oxygen atoms in total. The maximum absolute atomic E-state index is 12.5. The van der Waals surface area contributed by atoms with Gasteiger partial charge in [0.25, 0.3) is 0 Å². The average molecular weight is 316 g/mol. The SMILES string of the molecule is CCC[C@@H](NC(=O)N1CC(CC)(CC)C1=O)c1ccc(C)cc1.